The van der Waals surface area contributed by atoms with Gasteiger partial charge in [0, 0.05) is 49.3 Å². The standard InChI is InChI=1S/C27H33N5O6/c1-32-10-8-26-22-15-3-4-18(36-2)23(22)38-24(26)19(5-7-27(26,35)20(32)11-15)37-25(34)17(31-21(33)6-9-28)12-16-13-29-14-30-16/h3-5,13-14,17,20,24,35H,6-12,28H2,1-2H3,(H,29,30)(H,31,33)/t17-,20-,24+,26+,27-/m0/s1. The van der Waals surface area contributed by atoms with E-state index in [1.54, 1.807) is 19.4 Å². The number of nitrogens with one attached hydrogen (secondary N) is 2. The molecule has 1 spiro atoms. The number of esters is 1. The minimum absolute atomic E-state index is 0.0874. The molecule has 2 bridgehead atoms. The van der Waals surface area contributed by atoms with Gasteiger partial charge in [-0.15, -0.1) is 0 Å². The molecule has 6 rings (SSSR count). The highest BCUT2D eigenvalue weighted by atomic mass is 16.6. The van der Waals surface area contributed by atoms with E-state index in [9.17, 15) is 14.7 Å². The number of aromatic amines is 1. The van der Waals surface area contributed by atoms with Crippen LogP contribution >= 0.6 is 0 Å². The highest BCUT2D eigenvalue weighted by Crippen LogP contribution is 2.65. The number of nitrogens with zero attached hydrogens (tertiary/aromatic N) is 2. The van der Waals surface area contributed by atoms with E-state index in [1.165, 1.54) is 6.33 Å². The summed E-state index contributed by atoms with van der Waals surface area (Å²) in [5, 5.41) is 15.1. The molecule has 202 valence electrons. The molecular formula is C27H33N5O6. The fourth-order valence-corrected chi connectivity index (χ4v) is 6.98. The molecule has 1 amide bonds. The summed E-state index contributed by atoms with van der Waals surface area (Å²) in [5.74, 6) is 0.570. The molecule has 1 saturated heterocycles. The van der Waals surface area contributed by atoms with Gasteiger partial charge in [-0.05, 0) is 44.1 Å². The molecule has 11 heteroatoms. The van der Waals surface area contributed by atoms with Crippen molar-refractivity contribution in [3.63, 3.8) is 0 Å². The number of amides is 1. The number of likely N-dealkylation sites (N-methyl/N-ethyl adjacent to an activating group) is 1. The van der Waals surface area contributed by atoms with Gasteiger partial charge in [0.2, 0.25) is 5.91 Å². The lowest BCUT2D eigenvalue weighted by atomic mass is 9.50. The summed E-state index contributed by atoms with van der Waals surface area (Å²) in [6.07, 6.45) is 6.07. The fourth-order valence-electron chi connectivity index (χ4n) is 6.98. The zero-order valence-corrected chi connectivity index (χ0v) is 21.5. The third-order valence-electron chi connectivity index (χ3n) is 8.75. The molecular weight excluding hydrogens is 490 g/mol. The molecule has 2 aliphatic heterocycles. The Kier molecular flexibility index (Phi) is 5.97. The van der Waals surface area contributed by atoms with Crippen molar-refractivity contribution in [2.75, 3.05) is 27.2 Å². The molecule has 4 aliphatic rings. The molecule has 1 aromatic heterocycles. The molecule has 38 heavy (non-hydrogen) atoms. The van der Waals surface area contributed by atoms with Crippen LogP contribution in [0.1, 0.15) is 36.1 Å². The zero-order chi connectivity index (χ0) is 26.7. The van der Waals surface area contributed by atoms with Gasteiger partial charge in [-0.25, -0.2) is 9.78 Å². The van der Waals surface area contributed by atoms with Crippen LogP contribution in [0, 0.1) is 0 Å². The first-order chi connectivity index (χ1) is 18.3. The van der Waals surface area contributed by atoms with Gasteiger partial charge in [0.25, 0.3) is 0 Å². The summed E-state index contributed by atoms with van der Waals surface area (Å²) in [4.78, 5) is 35.1. The Morgan fingerprint density at radius 1 is 1.42 bits per heavy atom. The van der Waals surface area contributed by atoms with Crippen LogP contribution in [0.3, 0.4) is 0 Å². The van der Waals surface area contributed by atoms with Crippen molar-refractivity contribution in [2.45, 2.75) is 61.3 Å². The number of nitrogens with two attached hydrogens (primary N) is 1. The second-order valence-corrected chi connectivity index (χ2v) is 10.6. The molecule has 1 aromatic carbocycles. The summed E-state index contributed by atoms with van der Waals surface area (Å²) < 4.78 is 18.2. The van der Waals surface area contributed by atoms with E-state index in [-0.39, 0.29) is 31.3 Å². The number of methoxy groups -OCH3 is 1. The SMILES string of the molecule is COc1ccc2c3c1O[C@@H]1C(OC(=O)[C@H](Cc4cnc[nH]4)NC(=O)CCN)=CC[C@]4(O)[C@H](C2)N(C)CC[C@@]314. The molecule has 1 fully saturated rings. The van der Waals surface area contributed by atoms with E-state index >= 15 is 0 Å². The lowest BCUT2D eigenvalue weighted by molar-refractivity contribution is -0.170. The number of ether oxygens (including phenoxy) is 3. The molecule has 11 nitrogen and oxygen atoms in total. The first-order valence-electron chi connectivity index (χ1n) is 13.0. The number of carbonyl (C=O) groups excluding carboxylic acids is 2. The second-order valence-electron chi connectivity index (χ2n) is 10.6. The van der Waals surface area contributed by atoms with Gasteiger partial charge >= 0.3 is 5.97 Å². The summed E-state index contributed by atoms with van der Waals surface area (Å²) in [6.45, 7) is 0.930. The first kappa shape index (κ1) is 24.9. The molecule has 0 radical (unpaired) electrons. The molecule has 3 heterocycles. The molecule has 2 aliphatic carbocycles. The van der Waals surface area contributed by atoms with Crippen LogP contribution in [0.5, 0.6) is 11.5 Å². The number of benzene rings is 1. The van der Waals surface area contributed by atoms with Gasteiger partial charge in [-0.3, -0.25) is 4.79 Å². The molecule has 2 aromatic rings. The number of likely N-dealkylation sites (tertiary alicyclic amines) is 1. The number of carbonyl (C=O) groups is 2. The highest BCUT2D eigenvalue weighted by Gasteiger charge is 2.72. The summed E-state index contributed by atoms with van der Waals surface area (Å²) >= 11 is 0. The smallest absolute Gasteiger partial charge is 0.334 e. The van der Waals surface area contributed by atoms with Crippen molar-refractivity contribution < 1.29 is 28.9 Å². The lowest BCUT2D eigenvalue weighted by Gasteiger charge is -2.61. The van der Waals surface area contributed by atoms with Gasteiger partial charge in [0.05, 0.1) is 24.5 Å². The van der Waals surface area contributed by atoms with Crippen molar-refractivity contribution in [2.24, 2.45) is 5.73 Å². The van der Waals surface area contributed by atoms with Gasteiger partial charge in [-0.1, -0.05) is 6.07 Å². The average molecular weight is 524 g/mol. The molecule has 5 atom stereocenters. The van der Waals surface area contributed by atoms with Crippen LogP contribution in [-0.4, -0.2) is 82.9 Å². The first-order valence-corrected chi connectivity index (χ1v) is 13.0. The highest BCUT2D eigenvalue weighted by molar-refractivity contribution is 5.85. The number of imidazole rings is 1. The van der Waals surface area contributed by atoms with Gasteiger partial charge in [-0.2, -0.15) is 0 Å². The predicted molar refractivity (Wildman–Crippen MR) is 135 cm³/mol. The Balaban J connectivity index is 1.36. The fraction of sp³-hybridized carbons (Fsp3) is 0.519. The minimum Gasteiger partial charge on any atom is -0.493 e. The third-order valence-corrected chi connectivity index (χ3v) is 8.75. The van der Waals surface area contributed by atoms with E-state index in [0.717, 1.165) is 17.7 Å². The summed E-state index contributed by atoms with van der Waals surface area (Å²) in [6, 6.07) is 2.88. The molecule has 0 saturated carbocycles. The van der Waals surface area contributed by atoms with Crippen LogP contribution in [0.2, 0.25) is 0 Å². The van der Waals surface area contributed by atoms with Crippen molar-refractivity contribution in [3.8, 4) is 11.5 Å². The largest absolute Gasteiger partial charge is 0.493 e. The Labute approximate surface area is 220 Å². The third kappa shape index (κ3) is 3.49. The number of H-pyrrole nitrogens is 1. The summed E-state index contributed by atoms with van der Waals surface area (Å²) in [5.41, 5.74) is 6.40. The molecule has 0 unspecified atom stereocenters. The lowest BCUT2D eigenvalue weighted by Crippen LogP contribution is -2.74. The Morgan fingerprint density at radius 2 is 2.26 bits per heavy atom. The normalized spacial score (nSPS) is 29.5. The average Bonchev–Trinajstić information content (AvgIpc) is 3.53. The van der Waals surface area contributed by atoms with E-state index in [0.29, 0.717) is 42.2 Å². The zero-order valence-electron chi connectivity index (χ0n) is 21.5. The van der Waals surface area contributed by atoms with Crippen LogP contribution in [-0.2, 0) is 32.6 Å². The maximum Gasteiger partial charge on any atom is 0.334 e. The number of hydrogen-bond donors (Lipinski definition) is 4. The van der Waals surface area contributed by atoms with Gasteiger partial charge in [0.1, 0.15) is 11.8 Å². The van der Waals surface area contributed by atoms with E-state index in [4.69, 9.17) is 19.9 Å². The van der Waals surface area contributed by atoms with Crippen LogP contribution in [0.4, 0.5) is 0 Å². The predicted octanol–water partition coefficient (Wildman–Crippen LogP) is 0.316. The maximum atomic E-state index is 13.5. The number of aliphatic hydroxyl groups is 1. The second kappa shape index (κ2) is 9.11. The van der Waals surface area contributed by atoms with Crippen molar-refractivity contribution in [1.82, 2.24) is 20.2 Å². The van der Waals surface area contributed by atoms with Crippen LogP contribution in [0.25, 0.3) is 0 Å². The number of piperidine rings is 1. The van der Waals surface area contributed by atoms with E-state index in [2.05, 4.69) is 20.2 Å². The Morgan fingerprint density at radius 3 is 3.00 bits per heavy atom. The topological polar surface area (TPSA) is 152 Å². The molecule has 5 N–H and O–H groups in total. The maximum absolute atomic E-state index is 13.5. The Hall–Kier alpha value is -3.41. The van der Waals surface area contributed by atoms with E-state index in [1.807, 2.05) is 19.2 Å². The van der Waals surface area contributed by atoms with Crippen molar-refractivity contribution >= 4 is 11.9 Å². The summed E-state index contributed by atoms with van der Waals surface area (Å²) in [7, 11) is 3.63. The van der Waals surface area contributed by atoms with Crippen LogP contribution in [0.15, 0.2) is 36.5 Å². The minimum atomic E-state index is -1.10. The van der Waals surface area contributed by atoms with Crippen LogP contribution < -0.4 is 20.5 Å². The van der Waals surface area contributed by atoms with E-state index < -0.39 is 29.1 Å². The Bertz CT molecular complexity index is 1300. The number of rotatable bonds is 8. The quantitative estimate of drug-likeness (QED) is 0.358. The van der Waals surface area contributed by atoms with Gasteiger partial charge < -0.3 is 40.3 Å². The monoisotopic (exact) mass is 523 g/mol. The van der Waals surface area contributed by atoms with Gasteiger partial charge in [0.15, 0.2) is 17.6 Å². The number of aromatic nitrogens is 2. The number of hydrogen-bond acceptors (Lipinski definition) is 9. The van der Waals surface area contributed by atoms with Crippen molar-refractivity contribution in [3.05, 3.63) is 53.3 Å². The van der Waals surface area contributed by atoms with Crippen molar-refractivity contribution in [1.29, 1.82) is 0 Å².